The van der Waals surface area contributed by atoms with Crippen LogP contribution in [0.2, 0.25) is 0 Å². The first kappa shape index (κ1) is 16.8. The number of carbonyl (C=O) groups excluding carboxylic acids is 3. The predicted molar refractivity (Wildman–Crippen MR) is 94.2 cm³/mol. The van der Waals surface area contributed by atoms with Gasteiger partial charge in [-0.15, -0.1) is 0 Å². The third kappa shape index (κ3) is 2.98. The standard InChI is InChI=1S/C19H21N3O4/c1-11-20-15-10-12(6-7-16(15)26-11)21-17(23)8-9-22-18(24)13-4-2-3-5-14(13)19(22)25/h6-7,10,13-14H,2-5,8-9H2,1H3,(H,21,23)/t13-,14+. The maximum atomic E-state index is 12.4. The lowest BCUT2D eigenvalue weighted by molar-refractivity contribution is -0.140. The Morgan fingerprint density at radius 2 is 1.92 bits per heavy atom. The van der Waals surface area contributed by atoms with E-state index in [4.69, 9.17) is 4.42 Å². The van der Waals surface area contributed by atoms with Crippen LogP contribution >= 0.6 is 0 Å². The maximum Gasteiger partial charge on any atom is 0.233 e. The fraction of sp³-hybridized carbons (Fsp3) is 0.474. The second-order valence-electron chi connectivity index (χ2n) is 7.04. The van der Waals surface area contributed by atoms with Crippen LogP contribution < -0.4 is 5.32 Å². The van der Waals surface area contributed by atoms with Crippen molar-refractivity contribution < 1.29 is 18.8 Å². The predicted octanol–water partition coefficient (Wildman–Crippen LogP) is 2.64. The van der Waals surface area contributed by atoms with Gasteiger partial charge in [0.2, 0.25) is 17.7 Å². The van der Waals surface area contributed by atoms with E-state index in [1.54, 1.807) is 25.1 Å². The van der Waals surface area contributed by atoms with E-state index < -0.39 is 0 Å². The Balaban J connectivity index is 1.37. The fourth-order valence-corrected chi connectivity index (χ4v) is 4.01. The number of aromatic nitrogens is 1. The summed E-state index contributed by atoms with van der Waals surface area (Å²) in [5.74, 6) is -0.218. The quantitative estimate of drug-likeness (QED) is 0.851. The maximum absolute atomic E-state index is 12.4. The number of anilines is 1. The molecule has 1 aliphatic carbocycles. The molecule has 2 aromatic rings. The molecule has 1 saturated heterocycles. The van der Waals surface area contributed by atoms with Crippen molar-refractivity contribution in [1.82, 2.24) is 9.88 Å². The van der Waals surface area contributed by atoms with Crippen LogP contribution in [-0.2, 0) is 14.4 Å². The number of rotatable bonds is 4. The first-order valence-electron chi connectivity index (χ1n) is 9.05. The molecule has 136 valence electrons. The number of fused-ring (bicyclic) bond motifs is 2. The van der Waals surface area contributed by atoms with Crippen molar-refractivity contribution in [3.8, 4) is 0 Å². The van der Waals surface area contributed by atoms with Gasteiger partial charge < -0.3 is 9.73 Å². The summed E-state index contributed by atoms with van der Waals surface area (Å²) in [5.41, 5.74) is 1.95. The zero-order valence-corrected chi connectivity index (χ0v) is 14.7. The zero-order chi connectivity index (χ0) is 18.3. The molecule has 2 aliphatic rings. The summed E-state index contributed by atoms with van der Waals surface area (Å²) in [4.78, 5) is 42.6. The van der Waals surface area contributed by atoms with E-state index in [9.17, 15) is 14.4 Å². The summed E-state index contributed by atoms with van der Waals surface area (Å²) in [7, 11) is 0. The fourth-order valence-electron chi connectivity index (χ4n) is 4.01. The Labute approximate surface area is 150 Å². The molecule has 3 amide bonds. The molecule has 1 aromatic heterocycles. The number of hydrogen-bond acceptors (Lipinski definition) is 5. The Bertz CT molecular complexity index is 864. The molecule has 0 bridgehead atoms. The molecule has 7 heteroatoms. The lowest BCUT2D eigenvalue weighted by Crippen LogP contribution is -2.34. The van der Waals surface area contributed by atoms with Gasteiger partial charge in [0.1, 0.15) is 5.52 Å². The van der Waals surface area contributed by atoms with Crippen LogP contribution in [0, 0.1) is 18.8 Å². The van der Waals surface area contributed by atoms with Gasteiger partial charge in [-0.25, -0.2) is 4.98 Å². The summed E-state index contributed by atoms with van der Waals surface area (Å²) in [6.07, 6.45) is 3.66. The van der Waals surface area contributed by atoms with E-state index in [1.807, 2.05) is 0 Å². The average molecular weight is 355 g/mol. The SMILES string of the molecule is Cc1nc2cc(NC(=O)CCN3C(=O)[C@H]4CCCC[C@H]4C3=O)ccc2o1. The molecule has 2 heterocycles. The third-order valence-electron chi connectivity index (χ3n) is 5.27. The summed E-state index contributed by atoms with van der Waals surface area (Å²) in [6.45, 7) is 1.90. The second-order valence-corrected chi connectivity index (χ2v) is 7.04. The molecule has 1 saturated carbocycles. The molecule has 1 aliphatic heterocycles. The minimum Gasteiger partial charge on any atom is -0.441 e. The largest absolute Gasteiger partial charge is 0.441 e. The number of benzene rings is 1. The van der Waals surface area contributed by atoms with Crippen molar-refractivity contribution in [2.45, 2.75) is 39.0 Å². The van der Waals surface area contributed by atoms with Crippen molar-refractivity contribution in [1.29, 1.82) is 0 Å². The van der Waals surface area contributed by atoms with Crippen molar-refractivity contribution in [2.24, 2.45) is 11.8 Å². The molecule has 0 radical (unpaired) electrons. The topological polar surface area (TPSA) is 92.5 Å². The Hall–Kier alpha value is -2.70. The highest BCUT2D eigenvalue weighted by atomic mass is 16.3. The lowest BCUT2D eigenvalue weighted by Gasteiger charge is -2.19. The molecule has 0 spiro atoms. The minimum atomic E-state index is -0.236. The molecule has 1 N–H and O–H groups in total. The van der Waals surface area contributed by atoms with Gasteiger partial charge in [0.25, 0.3) is 0 Å². The van der Waals surface area contributed by atoms with Crippen LogP contribution in [0.1, 0.15) is 38.0 Å². The van der Waals surface area contributed by atoms with Gasteiger partial charge >= 0.3 is 0 Å². The van der Waals surface area contributed by atoms with Gasteiger partial charge in [0.05, 0.1) is 11.8 Å². The van der Waals surface area contributed by atoms with Crippen LogP contribution in [-0.4, -0.2) is 34.2 Å². The summed E-state index contributed by atoms with van der Waals surface area (Å²) >= 11 is 0. The highest BCUT2D eigenvalue weighted by Crippen LogP contribution is 2.38. The van der Waals surface area contributed by atoms with E-state index >= 15 is 0 Å². The van der Waals surface area contributed by atoms with Gasteiger partial charge in [-0.2, -0.15) is 0 Å². The van der Waals surface area contributed by atoms with E-state index in [-0.39, 0.29) is 42.5 Å². The van der Waals surface area contributed by atoms with Crippen LogP contribution in [0.5, 0.6) is 0 Å². The van der Waals surface area contributed by atoms with Crippen molar-refractivity contribution >= 4 is 34.5 Å². The molecular weight excluding hydrogens is 334 g/mol. The molecule has 2 atom stereocenters. The molecule has 1 aromatic carbocycles. The number of hydrogen-bond donors (Lipinski definition) is 1. The number of oxazole rings is 1. The van der Waals surface area contributed by atoms with Crippen molar-refractivity contribution in [3.05, 3.63) is 24.1 Å². The Morgan fingerprint density at radius 1 is 1.23 bits per heavy atom. The van der Waals surface area contributed by atoms with Gasteiger partial charge in [0, 0.05) is 25.6 Å². The third-order valence-corrected chi connectivity index (χ3v) is 5.27. The van der Waals surface area contributed by atoms with Crippen molar-refractivity contribution in [3.63, 3.8) is 0 Å². The number of aryl methyl sites for hydroxylation is 1. The van der Waals surface area contributed by atoms with Crippen LogP contribution in [0.25, 0.3) is 11.1 Å². The normalized spacial score (nSPS) is 22.7. The number of imide groups is 1. The molecule has 7 nitrogen and oxygen atoms in total. The first-order chi connectivity index (χ1) is 12.5. The van der Waals surface area contributed by atoms with Crippen LogP contribution in [0.3, 0.4) is 0 Å². The monoisotopic (exact) mass is 355 g/mol. The molecule has 4 rings (SSSR count). The first-order valence-corrected chi connectivity index (χ1v) is 9.05. The molecule has 0 unspecified atom stereocenters. The van der Waals surface area contributed by atoms with E-state index in [1.165, 1.54) is 4.90 Å². The van der Waals surface area contributed by atoms with Crippen molar-refractivity contribution in [2.75, 3.05) is 11.9 Å². The van der Waals surface area contributed by atoms with Gasteiger partial charge in [-0.3, -0.25) is 19.3 Å². The number of nitrogens with one attached hydrogen (secondary N) is 1. The summed E-state index contributed by atoms with van der Waals surface area (Å²) < 4.78 is 5.41. The smallest absolute Gasteiger partial charge is 0.233 e. The van der Waals surface area contributed by atoms with Gasteiger partial charge in [0.15, 0.2) is 11.5 Å². The number of likely N-dealkylation sites (tertiary alicyclic amines) is 1. The zero-order valence-electron chi connectivity index (χ0n) is 14.7. The molecular formula is C19H21N3O4. The van der Waals surface area contributed by atoms with E-state index in [2.05, 4.69) is 10.3 Å². The molecule has 2 fully saturated rings. The van der Waals surface area contributed by atoms with Gasteiger partial charge in [-0.05, 0) is 31.0 Å². The second kappa shape index (κ2) is 6.55. The number of carbonyl (C=O) groups is 3. The van der Waals surface area contributed by atoms with Crippen LogP contribution in [0.15, 0.2) is 22.6 Å². The van der Waals surface area contributed by atoms with E-state index in [0.717, 1.165) is 25.7 Å². The Morgan fingerprint density at radius 3 is 2.62 bits per heavy atom. The lowest BCUT2D eigenvalue weighted by atomic mass is 9.81. The summed E-state index contributed by atoms with van der Waals surface area (Å²) in [5, 5.41) is 2.79. The van der Waals surface area contributed by atoms with Gasteiger partial charge in [-0.1, -0.05) is 12.8 Å². The number of nitrogens with zero attached hydrogens (tertiary/aromatic N) is 2. The van der Waals surface area contributed by atoms with E-state index in [0.29, 0.717) is 22.7 Å². The number of amides is 3. The molecule has 26 heavy (non-hydrogen) atoms. The average Bonchev–Trinajstić information content (AvgIpc) is 3.11. The Kier molecular flexibility index (Phi) is 4.22. The highest BCUT2D eigenvalue weighted by Gasteiger charge is 2.47. The van der Waals surface area contributed by atoms with Crippen LogP contribution in [0.4, 0.5) is 5.69 Å². The minimum absolute atomic E-state index is 0.0901. The highest BCUT2D eigenvalue weighted by molar-refractivity contribution is 6.05. The summed E-state index contributed by atoms with van der Waals surface area (Å²) in [6, 6.07) is 5.24.